The fourth-order valence-corrected chi connectivity index (χ4v) is 4.04. The van der Waals surface area contributed by atoms with Crippen LogP contribution in [0.4, 0.5) is 0 Å². The Bertz CT molecular complexity index is 1030. The molecule has 1 aliphatic carbocycles. The van der Waals surface area contributed by atoms with Gasteiger partial charge in [0.25, 0.3) is 0 Å². The first-order valence-corrected chi connectivity index (χ1v) is 9.90. The van der Waals surface area contributed by atoms with Gasteiger partial charge >= 0.3 is 0 Å². The van der Waals surface area contributed by atoms with Gasteiger partial charge in [0.15, 0.2) is 0 Å². The quantitative estimate of drug-likeness (QED) is 0.624. The van der Waals surface area contributed by atoms with Gasteiger partial charge < -0.3 is 9.72 Å². The Morgan fingerprint density at radius 3 is 2.39 bits per heavy atom. The van der Waals surface area contributed by atoms with Crippen LogP contribution in [0, 0.1) is 22.7 Å². The first kappa shape index (κ1) is 18.3. The number of aromatic nitrogens is 2. The number of nitrogens with one attached hydrogen (secondary N) is 1. The van der Waals surface area contributed by atoms with Crippen LogP contribution in [0.2, 0.25) is 0 Å². The maximum absolute atomic E-state index is 9.19. The van der Waals surface area contributed by atoms with E-state index in [4.69, 9.17) is 9.72 Å². The molecule has 0 amide bonds. The SMILES string of the molecule is N#Cc1cc(C#N)cc(Sc2[nH]c(COCc3ccccc3)nc2C2CC2)c1. The molecule has 1 heterocycles. The Balaban J connectivity index is 1.50. The molecule has 0 atom stereocenters. The van der Waals surface area contributed by atoms with E-state index in [0.717, 1.165) is 39.8 Å². The minimum Gasteiger partial charge on any atom is -0.369 e. The Morgan fingerprint density at radius 2 is 1.75 bits per heavy atom. The van der Waals surface area contributed by atoms with Crippen molar-refractivity contribution in [1.29, 1.82) is 10.5 Å². The third kappa shape index (κ3) is 4.43. The number of nitriles is 2. The minimum atomic E-state index is 0.414. The third-order valence-electron chi connectivity index (χ3n) is 4.44. The molecule has 1 aliphatic rings. The molecule has 1 saturated carbocycles. The molecule has 28 heavy (non-hydrogen) atoms. The molecule has 3 aromatic rings. The number of H-pyrrole nitrogens is 1. The zero-order valence-electron chi connectivity index (χ0n) is 15.2. The Hall–Kier alpha value is -3.06. The number of hydrogen-bond donors (Lipinski definition) is 1. The van der Waals surface area contributed by atoms with Crippen LogP contribution in [0.5, 0.6) is 0 Å². The highest BCUT2D eigenvalue weighted by Crippen LogP contribution is 2.44. The van der Waals surface area contributed by atoms with Crippen molar-refractivity contribution in [2.45, 2.75) is 41.9 Å². The molecule has 0 saturated heterocycles. The van der Waals surface area contributed by atoms with E-state index in [0.29, 0.717) is 30.3 Å². The van der Waals surface area contributed by atoms with Crippen LogP contribution < -0.4 is 0 Å². The van der Waals surface area contributed by atoms with Gasteiger partial charge in [0.1, 0.15) is 17.5 Å². The van der Waals surface area contributed by atoms with Crippen LogP contribution in [0.25, 0.3) is 0 Å². The van der Waals surface area contributed by atoms with Gasteiger partial charge in [-0.25, -0.2) is 4.98 Å². The van der Waals surface area contributed by atoms with E-state index in [1.54, 1.807) is 18.2 Å². The lowest BCUT2D eigenvalue weighted by molar-refractivity contribution is 0.102. The van der Waals surface area contributed by atoms with Gasteiger partial charge in [0.05, 0.1) is 35.6 Å². The minimum absolute atomic E-state index is 0.414. The fourth-order valence-electron chi connectivity index (χ4n) is 2.94. The van der Waals surface area contributed by atoms with Gasteiger partial charge in [-0.2, -0.15) is 10.5 Å². The number of hydrogen-bond acceptors (Lipinski definition) is 5. The zero-order chi connectivity index (χ0) is 19.3. The van der Waals surface area contributed by atoms with Gasteiger partial charge in [0, 0.05) is 10.8 Å². The Kier molecular flexibility index (Phi) is 5.43. The fraction of sp³-hybridized carbons (Fsp3) is 0.227. The molecule has 2 aromatic carbocycles. The van der Waals surface area contributed by atoms with Crippen molar-refractivity contribution in [1.82, 2.24) is 9.97 Å². The van der Waals surface area contributed by atoms with E-state index < -0.39 is 0 Å². The summed E-state index contributed by atoms with van der Waals surface area (Å²) in [5.41, 5.74) is 3.16. The smallest absolute Gasteiger partial charge is 0.133 e. The van der Waals surface area contributed by atoms with E-state index in [1.165, 1.54) is 11.8 Å². The summed E-state index contributed by atoms with van der Waals surface area (Å²) in [5.74, 6) is 1.29. The van der Waals surface area contributed by atoms with Crippen LogP contribution in [0.3, 0.4) is 0 Å². The maximum Gasteiger partial charge on any atom is 0.133 e. The third-order valence-corrected chi connectivity index (χ3v) is 5.43. The molecule has 4 rings (SSSR count). The summed E-state index contributed by atoms with van der Waals surface area (Å²) in [4.78, 5) is 8.99. The average molecular weight is 386 g/mol. The lowest BCUT2D eigenvalue weighted by Crippen LogP contribution is -1.96. The molecule has 0 spiro atoms. The number of imidazole rings is 1. The number of ether oxygens (including phenoxy) is 1. The lowest BCUT2D eigenvalue weighted by Gasteiger charge is -2.03. The molecule has 6 heteroatoms. The van der Waals surface area contributed by atoms with E-state index in [1.807, 2.05) is 30.3 Å². The van der Waals surface area contributed by atoms with Gasteiger partial charge in [-0.15, -0.1) is 0 Å². The summed E-state index contributed by atoms with van der Waals surface area (Å²) in [5, 5.41) is 19.4. The second-order valence-corrected chi connectivity index (χ2v) is 7.81. The van der Waals surface area contributed by atoms with Gasteiger partial charge in [-0.3, -0.25) is 0 Å². The van der Waals surface area contributed by atoms with E-state index >= 15 is 0 Å². The zero-order valence-corrected chi connectivity index (χ0v) is 16.0. The highest BCUT2D eigenvalue weighted by atomic mass is 32.2. The Morgan fingerprint density at radius 1 is 1.04 bits per heavy atom. The molecule has 0 radical (unpaired) electrons. The normalized spacial score (nSPS) is 13.1. The van der Waals surface area contributed by atoms with E-state index in [-0.39, 0.29) is 0 Å². The van der Waals surface area contributed by atoms with Crippen molar-refractivity contribution in [2.75, 3.05) is 0 Å². The molecular weight excluding hydrogens is 368 g/mol. The molecule has 5 nitrogen and oxygen atoms in total. The molecule has 1 aromatic heterocycles. The number of benzene rings is 2. The predicted molar refractivity (Wildman–Crippen MR) is 105 cm³/mol. The molecule has 0 bridgehead atoms. The maximum atomic E-state index is 9.19. The predicted octanol–water partition coefficient (Wildman–Crippen LogP) is 4.90. The molecule has 0 unspecified atom stereocenters. The molecule has 1 fully saturated rings. The summed E-state index contributed by atoms with van der Waals surface area (Å²) in [6.45, 7) is 0.954. The summed E-state index contributed by atoms with van der Waals surface area (Å²) >= 11 is 1.52. The second-order valence-electron chi connectivity index (χ2n) is 6.72. The number of rotatable bonds is 7. The van der Waals surface area contributed by atoms with E-state index in [2.05, 4.69) is 17.1 Å². The van der Waals surface area contributed by atoms with Crippen LogP contribution in [0.1, 0.15) is 47.0 Å². The molecular formula is C22H18N4OS. The van der Waals surface area contributed by atoms with Crippen LogP contribution in [-0.2, 0) is 18.0 Å². The van der Waals surface area contributed by atoms with Crippen LogP contribution >= 0.6 is 11.8 Å². The topological polar surface area (TPSA) is 85.5 Å². The largest absolute Gasteiger partial charge is 0.369 e. The van der Waals surface area contributed by atoms with Crippen molar-refractivity contribution in [3.63, 3.8) is 0 Å². The second kappa shape index (κ2) is 8.31. The summed E-state index contributed by atoms with van der Waals surface area (Å²) in [7, 11) is 0. The standard InChI is InChI=1S/C22H18N4OS/c23-11-16-8-17(12-24)10-19(9-16)28-22-21(18-6-7-18)25-20(26-22)14-27-13-15-4-2-1-3-5-15/h1-5,8-10,18H,6-7,13-14H2,(H,25,26). The number of nitrogens with zero attached hydrogens (tertiary/aromatic N) is 3. The molecule has 138 valence electrons. The summed E-state index contributed by atoms with van der Waals surface area (Å²) < 4.78 is 5.81. The van der Waals surface area contributed by atoms with Crippen LogP contribution in [0.15, 0.2) is 58.5 Å². The van der Waals surface area contributed by atoms with Crippen molar-refractivity contribution < 1.29 is 4.74 Å². The first-order chi connectivity index (χ1) is 13.7. The van der Waals surface area contributed by atoms with Gasteiger partial charge in [-0.05, 0) is 36.6 Å². The lowest BCUT2D eigenvalue weighted by atomic mass is 10.1. The van der Waals surface area contributed by atoms with Crippen molar-refractivity contribution in [2.24, 2.45) is 0 Å². The Labute approximate surface area is 168 Å². The van der Waals surface area contributed by atoms with Crippen molar-refractivity contribution in [3.05, 3.63) is 76.7 Å². The highest BCUT2D eigenvalue weighted by molar-refractivity contribution is 7.99. The highest BCUT2D eigenvalue weighted by Gasteiger charge is 2.30. The van der Waals surface area contributed by atoms with Crippen molar-refractivity contribution >= 4 is 11.8 Å². The number of aromatic amines is 1. The van der Waals surface area contributed by atoms with E-state index in [9.17, 15) is 10.5 Å². The molecule has 0 aliphatic heterocycles. The van der Waals surface area contributed by atoms with Gasteiger partial charge in [0.2, 0.25) is 0 Å². The monoisotopic (exact) mass is 386 g/mol. The summed E-state index contributed by atoms with van der Waals surface area (Å²) in [6, 6.07) is 19.5. The van der Waals surface area contributed by atoms with Gasteiger partial charge in [-0.1, -0.05) is 42.1 Å². The average Bonchev–Trinajstić information content (AvgIpc) is 3.50. The van der Waals surface area contributed by atoms with Crippen molar-refractivity contribution in [3.8, 4) is 12.1 Å². The van der Waals surface area contributed by atoms with Crippen LogP contribution in [-0.4, -0.2) is 9.97 Å². The summed E-state index contributed by atoms with van der Waals surface area (Å²) in [6.07, 6.45) is 2.29. The molecule has 1 N–H and O–H groups in total. The first-order valence-electron chi connectivity index (χ1n) is 9.09.